The maximum absolute atomic E-state index is 12.5. The molecule has 1 saturated carbocycles. The second kappa shape index (κ2) is 6.03. The topological polar surface area (TPSA) is 75.4 Å². The van der Waals surface area contributed by atoms with Gasteiger partial charge in [0.1, 0.15) is 5.54 Å². The van der Waals surface area contributed by atoms with E-state index in [9.17, 15) is 9.59 Å². The lowest BCUT2D eigenvalue weighted by molar-refractivity contribution is -0.133. The molecule has 1 atom stereocenters. The lowest BCUT2D eigenvalue weighted by Crippen LogP contribution is -2.50. The highest BCUT2D eigenvalue weighted by atomic mass is 35.5. The fourth-order valence-corrected chi connectivity index (χ4v) is 2.67. The van der Waals surface area contributed by atoms with Crippen LogP contribution in [0.3, 0.4) is 0 Å². The summed E-state index contributed by atoms with van der Waals surface area (Å²) < 4.78 is 0. The number of halogens is 1. The standard InChI is InChI=1S/C15H19N3O2.ClH/c16-12-6-9-18(10-12)14(20)15(7-8-15)17-13(19)11-4-2-1-3-5-11;/h1-5,12H,6-10,16H2,(H,17,19);1H/t12-;/m1./s1. The summed E-state index contributed by atoms with van der Waals surface area (Å²) >= 11 is 0. The number of nitrogens with one attached hydrogen (secondary N) is 1. The van der Waals surface area contributed by atoms with Crippen molar-refractivity contribution >= 4 is 24.2 Å². The van der Waals surface area contributed by atoms with Gasteiger partial charge in [0, 0.05) is 24.7 Å². The van der Waals surface area contributed by atoms with Crippen LogP contribution in [0.4, 0.5) is 0 Å². The zero-order valence-corrected chi connectivity index (χ0v) is 12.6. The Balaban J connectivity index is 0.00000161. The Kier molecular flexibility index (Phi) is 4.54. The van der Waals surface area contributed by atoms with Crippen LogP contribution in [0.15, 0.2) is 30.3 Å². The summed E-state index contributed by atoms with van der Waals surface area (Å²) in [5.74, 6) is -0.158. The number of carbonyl (C=O) groups is 2. The van der Waals surface area contributed by atoms with Crippen LogP contribution in [0.2, 0.25) is 0 Å². The maximum atomic E-state index is 12.5. The minimum Gasteiger partial charge on any atom is -0.339 e. The van der Waals surface area contributed by atoms with Crippen LogP contribution in [0, 0.1) is 0 Å². The fourth-order valence-electron chi connectivity index (χ4n) is 2.67. The van der Waals surface area contributed by atoms with E-state index < -0.39 is 5.54 Å². The molecule has 0 spiro atoms. The molecule has 3 rings (SSSR count). The SMILES string of the molecule is Cl.N[C@@H]1CCN(C(=O)C2(NC(=O)c3ccccc3)CC2)C1. The normalized spacial score (nSPS) is 22.3. The third kappa shape index (κ3) is 3.19. The third-order valence-electron chi connectivity index (χ3n) is 4.06. The van der Waals surface area contributed by atoms with Gasteiger partial charge in [-0.2, -0.15) is 0 Å². The zero-order valence-electron chi connectivity index (χ0n) is 11.7. The molecule has 2 aliphatic rings. The van der Waals surface area contributed by atoms with E-state index >= 15 is 0 Å². The highest BCUT2D eigenvalue weighted by Gasteiger charge is 2.53. The summed E-state index contributed by atoms with van der Waals surface area (Å²) in [6.07, 6.45) is 2.28. The smallest absolute Gasteiger partial charge is 0.252 e. The average Bonchev–Trinajstić information content (AvgIpc) is 3.12. The number of nitrogens with zero attached hydrogens (tertiary/aromatic N) is 1. The Bertz CT molecular complexity index is 531. The van der Waals surface area contributed by atoms with E-state index in [0.29, 0.717) is 18.7 Å². The van der Waals surface area contributed by atoms with Crippen molar-refractivity contribution < 1.29 is 9.59 Å². The van der Waals surface area contributed by atoms with Gasteiger partial charge in [0.15, 0.2) is 0 Å². The van der Waals surface area contributed by atoms with Crippen LogP contribution in [-0.2, 0) is 4.79 Å². The molecule has 1 aromatic rings. The van der Waals surface area contributed by atoms with Gasteiger partial charge in [-0.25, -0.2) is 0 Å². The highest BCUT2D eigenvalue weighted by molar-refractivity contribution is 6.00. The van der Waals surface area contributed by atoms with Gasteiger partial charge >= 0.3 is 0 Å². The monoisotopic (exact) mass is 309 g/mol. The van der Waals surface area contributed by atoms with Crippen molar-refractivity contribution in [1.29, 1.82) is 0 Å². The van der Waals surface area contributed by atoms with E-state index in [-0.39, 0.29) is 30.3 Å². The number of hydrogen-bond acceptors (Lipinski definition) is 3. The molecule has 0 unspecified atom stereocenters. The van der Waals surface area contributed by atoms with Crippen molar-refractivity contribution in [3.05, 3.63) is 35.9 Å². The van der Waals surface area contributed by atoms with Gasteiger partial charge in [-0.3, -0.25) is 9.59 Å². The van der Waals surface area contributed by atoms with E-state index in [2.05, 4.69) is 5.32 Å². The van der Waals surface area contributed by atoms with Crippen molar-refractivity contribution in [2.75, 3.05) is 13.1 Å². The van der Waals surface area contributed by atoms with Crippen LogP contribution in [0.25, 0.3) is 0 Å². The van der Waals surface area contributed by atoms with Gasteiger partial charge in [0.2, 0.25) is 5.91 Å². The largest absolute Gasteiger partial charge is 0.339 e. The Labute approximate surface area is 130 Å². The molecule has 2 fully saturated rings. The van der Waals surface area contributed by atoms with E-state index in [1.54, 1.807) is 17.0 Å². The van der Waals surface area contributed by atoms with Gasteiger partial charge < -0.3 is 16.0 Å². The maximum Gasteiger partial charge on any atom is 0.252 e. The van der Waals surface area contributed by atoms with Gasteiger partial charge in [0.05, 0.1) is 0 Å². The summed E-state index contributed by atoms with van der Waals surface area (Å²) in [5.41, 5.74) is 5.74. The van der Waals surface area contributed by atoms with E-state index in [1.165, 1.54) is 0 Å². The first kappa shape index (κ1) is 15.8. The molecule has 0 radical (unpaired) electrons. The zero-order chi connectivity index (χ0) is 14.2. The van der Waals surface area contributed by atoms with Crippen molar-refractivity contribution in [2.45, 2.75) is 30.8 Å². The lowest BCUT2D eigenvalue weighted by Gasteiger charge is -2.24. The Morgan fingerprint density at radius 3 is 2.43 bits per heavy atom. The van der Waals surface area contributed by atoms with Crippen LogP contribution in [0.1, 0.15) is 29.6 Å². The number of amides is 2. The van der Waals surface area contributed by atoms with Gasteiger partial charge in [-0.05, 0) is 31.4 Å². The first-order valence-electron chi connectivity index (χ1n) is 7.03. The molecule has 1 heterocycles. The van der Waals surface area contributed by atoms with Crippen LogP contribution < -0.4 is 11.1 Å². The number of benzene rings is 1. The lowest BCUT2D eigenvalue weighted by atomic mass is 10.1. The predicted molar refractivity (Wildman–Crippen MR) is 82.3 cm³/mol. The summed E-state index contributed by atoms with van der Waals surface area (Å²) in [4.78, 5) is 26.5. The molecule has 0 aromatic heterocycles. The second-order valence-corrected chi connectivity index (χ2v) is 5.70. The molecule has 114 valence electrons. The number of hydrogen-bond donors (Lipinski definition) is 2. The molecule has 0 bridgehead atoms. The minimum atomic E-state index is -0.684. The molecule has 1 aliphatic heterocycles. The second-order valence-electron chi connectivity index (χ2n) is 5.70. The number of likely N-dealkylation sites (tertiary alicyclic amines) is 1. The molecule has 1 aliphatic carbocycles. The van der Waals surface area contributed by atoms with Crippen LogP contribution in [-0.4, -0.2) is 41.4 Å². The number of rotatable bonds is 3. The number of nitrogens with two attached hydrogens (primary N) is 1. The average molecular weight is 310 g/mol. The molecule has 1 saturated heterocycles. The van der Waals surface area contributed by atoms with E-state index in [4.69, 9.17) is 5.73 Å². The van der Waals surface area contributed by atoms with Crippen molar-refractivity contribution in [3.63, 3.8) is 0 Å². The van der Waals surface area contributed by atoms with Crippen molar-refractivity contribution in [1.82, 2.24) is 10.2 Å². The number of carbonyl (C=O) groups excluding carboxylic acids is 2. The molecule has 5 nitrogen and oxygen atoms in total. The quantitative estimate of drug-likeness (QED) is 0.872. The summed E-state index contributed by atoms with van der Waals surface area (Å²) in [6, 6.07) is 9.06. The van der Waals surface area contributed by atoms with Gasteiger partial charge in [-0.1, -0.05) is 18.2 Å². The molecule has 3 N–H and O–H groups in total. The van der Waals surface area contributed by atoms with Gasteiger partial charge in [-0.15, -0.1) is 12.4 Å². The Hall–Kier alpha value is -1.59. The van der Waals surface area contributed by atoms with E-state index in [1.807, 2.05) is 18.2 Å². The van der Waals surface area contributed by atoms with Crippen LogP contribution >= 0.6 is 12.4 Å². The molecule has 1 aromatic carbocycles. The molecular weight excluding hydrogens is 290 g/mol. The Morgan fingerprint density at radius 2 is 1.90 bits per heavy atom. The predicted octanol–water partition coefficient (Wildman–Crippen LogP) is 0.930. The van der Waals surface area contributed by atoms with Crippen molar-refractivity contribution in [2.24, 2.45) is 5.73 Å². The van der Waals surface area contributed by atoms with E-state index in [0.717, 1.165) is 19.3 Å². The summed E-state index contributed by atoms with van der Waals surface area (Å²) in [6.45, 7) is 1.30. The minimum absolute atomic E-state index is 0. The fraction of sp³-hybridized carbons (Fsp3) is 0.467. The molecular formula is C15H20ClN3O2. The molecule has 6 heteroatoms. The first-order valence-corrected chi connectivity index (χ1v) is 7.03. The summed E-state index contributed by atoms with van der Waals surface area (Å²) in [7, 11) is 0. The van der Waals surface area contributed by atoms with Crippen LogP contribution in [0.5, 0.6) is 0 Å². The van der Waals surface area contributed by atoms with Gasteiger partial charge in [0.25, 0.3) is 5.91 Å². The Morgan fingerprint density at radius 1 is 1.24 bits per heavy atom. The molecule has 2 amide bonds. The third-order valence-corrected chi connectivity index (χ3v) is 4.06. The molecule has 21 heavy (non-hydrogen) atoms. The first-order chi connectivity index (χ1) is 9.61. The highest BCUT2D eigenvalue weighted by Crippen LogP contribution is 2.38. The summed E-state index contributed by atoms with van der Waals surface area (Å²) in [5, 5.41) is 2.90. The van der Waals surface area contributed by atoms with Crippen molar-refractivity contribution in [3.8, 4) is 0 Å².